The molecule has 1 atom stereocenters. The van der Waals surface area contributed by atoms with Gasteiger partial charge in [0.25, 0.3) is 5.91 Å². The minimum atomic E-state index is -0.243. The van der Waals surface area contributed by atoms with Gasteiger partial charge in [-0.05, 0) is 24.8 Å². The number of carbonyl (C=O) groups is 1. The normalized spacial score (nSPS) is 11.2. The Hall–Kier alpha value is -2.54. The number of carbonyl (C=O) groups excluding carboxylic acids is 1. The predicted octanol–water partition coefficient (Wildman–Crippen LogP) is 1.70. The predicted molar refractivity (Wildman–Crippen MR) is 77.8 cm³/mol. The number of aromatic amines is 1. The molecule has 2 aromatic rings. The van der Waals surface area contributed by atoms with Crippen LogP contribution in [0.2, 0.25) is 0 Å². The highest BCUT2D eigenvalue weighted by atomic mass is 16.1. The first kappa shape index (κ1) is 13.9. The largest absolute Gasteiger partial charge is 0.348 e. The van der Waals surface area contributed by atoms with Gasteiger partial charge in [-0.3, -0.25) is 4.79 Å². The van der Waals surface area contributed by atoms with Gasteiger partial charge in [-0.2, -0.15) is 0 Å². The summed E-state index contributed by atoms with van der Waals surface area (Å²) in [6, 6.07) is 10.1. The molecule has 2 N–H and O–H groups in total. The Balaban J connectivity index is 2.06. The Morgan fingerprint density at radius 2 is 2.15 bits per heavy atom. The molecule has 0 fully saturated rings. The van der Waals surface area contributed by atoms with Crippen LogP contribution < -0.4 is 5.32 Å². The molecule has 1 amide bonds. The Morgan fingerprint density at radius 1 is 1.35 bits per heavy atom. The minimum Gasteiger partial charge on any atom is -0.348 e. The van der Waals surface area contributed by atoms with Crippen molar-refractivity contribution in [3.63, 3.8) is 0 Å². The molecule has 1 aromatic carbocycles. The summed E-state index contributed by atoms with van der Waals surface area (Å²) in [4.78, 5) is 18.7. The van der Waals surface area contributed by atoms with Crippen LogP contribution in [0.5, 0.6) is 0 Å². The van der Waals surface area contributed by atoms with Gasteiger partial charge in [0.1, 0.15) is 0 Å². The molecule has 0 spiro atoms. The third-order valence-corrected chi connectivity index (χ3v) is 2.92. The maximum absolute atomic E-state index is 11.7. The van der Waals surface area contributed by atoms with Gasteiger partial charge in [-0.1, -0.05) is 36.3 Å². The Kier molecular flexibility index (Phi) is 4.96. The van der Waals surface area contributed by atoms with Crippen molar-refractivity contribution < 1.29 is 4.79 Å². The van der Waals surface area contributed by atoms with Crippen LogP contribution in [0.15, 0.2) is 42.9 Å². The van der Waals surface area contributed by atoms with E-state index in [0.29, 0.717) is 6.42 Å². The van der Waals surface area contributed by atoms with Crippen molar-refractivity contribution in [2.45, 2.75) is 25.8 Å². The zero-order valence-corrected chi connectivity index (χ0v) is 11.4. The van der Waals surface area contributed by atoms with Gasteiger partial charge in [-0.25, -0.2) is 4.98 Å². The van der Waals surface area contributed by atoms with E-state index in [0.717, 1.165) is 12.1 Å². The van der Waals surface area contributed by atoms with Crippen LogP contribution in [0.4, 0.5) is 0 Å². The smallest absolute Gasteiger partial charge is 0.296 e. The first-order valence-corrected chi connectivity index (χ1v) is 6.52. The summed E-state index contributed by atoms with van der Waals surface area (Å²) in [6.45, 7) is 1.65. The second-order valence-electron chi connectivity index (χ2n) is 4.52. The molecule has 0 bridgehead atoms. The molecular formula is C16H17N3O. The van der Waals surface area contributed by atoms with Gasteiger partial charge >= 0.3 is 0 Å². The lowest BCUT2D eigenvalue weighted by Gasteiger charge is -2.16. The molecule has 0 saturated carbocycles. The monoisotopic (exact) mass is 267 g/mol. The number of hydrogen-bond acceptors (Lipinski definition) is 2. The zero-order valence-electron chi connectivity index (χ0n) is 11.4. The molecule has 0 aliphatic carbocycles. The third kappa shape index (κ3) is 4.29. The molecule has 0 aliphatic heterocycles. The molecular weight excluding hydrogens is 250 g/mol. The molecule has 0 radical (unpaired) electrons. The number of rotatable bonds is 5. The quantitative estimate of drug-likeness (QED) is 0.810. The molecule has 4 nitrogen and oxygen atoms in total. The average molecular weight is 267 g/mol. The lowest BCUT2D eigenvalue weighted by molar-refractivity contribution is -0.116. The molecule has 2 rings (SSSR count). The highest BCUT2D eigenvalue weighted by molar-refractivity contribution is 5.93. The number of amides is 1. The van der Waals surface area contributed by atoms with Crippen LogP contribution in [-0.2, 0) is 17.6 Å². The van der Waals surface area contributed by atoms with E-state index in [1.807, 2.05) is 18.2 Å². The second-order valence-corrected chi connectivity index (χ2v) is 4.52. The average Bonchev–Trinajstić information content (AvgIpc) is 2.93. The van der Waals surface area contributed by atoms with E-state index in [1.165, 1.54) is 5.56 Å². The first-order valence-electron chi connectivity index (χ1n) is 6.52. The molecule has 1 aromatic heterocycles. The Bertz CT molecular complexity index is 594. The summed E-state index contributed by atoms with van der Waals surface area (Å²) in [7, 11) is 0. The molecule has 0 aliphatic rings. The number of nitrogens with zero attached hydrogens (tertiary/aromatic N) is 1. The maximum atomic E-state index is 11.7. The fourth-order valence-corrected chi connectivity index (χ4v) is 2.07. The van der Waals surface area contributed by atoms with Gasteiger partial charge < -0.3 is 10.3 Å². The van der Waals surface area contributed by atoms with E-state index < -0.39 is 0 Å². The zero-order chi connectivity index (χ0) is 14.2. The summed E-state index contributed by atoms with van der Waals surface area (Å²) >= 11 is 0. The van der Waals surface area contributed by atoms with Crippen LogP contribution in [0.1, 0.15) is 18.2 Å². The van der Waals surface area contributed by atoms with Crippen molar-refractivity contribution in [1.29, 1.82) is 0 Å². The third-order valence-electron chi connectivity index (χ3n) is 2.92. The standard InChI is InChI=1S/C16H17N3O/c1-2-6-16(20)19-14(10-15-11-17-12-18-15)9-13-7-4-3-5-8-13/h3-5,7-8,11-12,14H,9-10H2,1H3,(H,17,18)(H,19,20). The Morgan fingerprint density at radius 3 is 2.80 bits per heavy atom. The molecule has 102 valence electrons. The van der Waals surface area contributed by atoms with Crippen LogP contribution in [0, 0.1) is 11.8 Å². The highest BCUT2D eigenvalue weighted by Gasteiger charge is 2.13. The van der Waals surface area contributed by atoms with Crippen molar-refractivity contribution in [3.05, 3.63) is 54.1 Å². The van der Waals surface area contributed by atoms with Crippen LogP contribution >= 0.6 is 0 Å². The Labute approximate surface area is 118 Å². The van der Waals surface area contributed by atoms with Crippen molar-refractivity contribution >= 4 is 5.91 Å². The fraction of sp³-hybridized carbons (Fsp3) is 0.250. The van der Waals surface area contributed by atoms with Crippen molar-refractivity contribution in [2.75, 3.05) is 0 Å². The lowest BCUT2D eigenvalue weighted by Crippen LogP contribution is -2.37. The first-order chi connectivity index (χ1) is 9.78. The molecule has 20 heavy (non-hydrogen) atoms. The number of aromatic nitrogens is 2. The number of H-pyrrole nitrogens is 1. The van der Waals surface area contributed by atoms with E-state index in [-0.39, 0.29) is 11.9 Å². The molecule has 1 unspecified atom stereocenters. The number of hydrogen-bond donors (Lipinski definition) is 2. The topological polar surface area (TPSA) is 57.8 Å². The summed E-state index contributed by atoms with van der Waals surface area (Å²) < 4.78 is 0. The van der Waals surface area contributed by atoms with Crippen molar-refractivity contribution in [3.8, 4) is 11.8 Å². The van der Waals surface area contributed by atoms with Gasteiger partial charge in [0.05, 0.1) is 6.33 Å². The molecule has 1 heterocycles. The summed E-state index contributed by atoms with van der Waals surface area (Å²) in [5, 5.41) is 2.94. The number of nitrogens with one attached hydrogen (secondary N) is 2. The second kappa shape index (κ2) is 7.15. The van der Waals surface area contributed by atoms with Gasteiger partial charge in [-0.15, -0.1) is 0 Å². The highest BCUT2D eigenvalue weighted by Crippen LogP contribution is 2.07. The lowest BCUT2D eigenvalue weighted by atomic mass is 10.0. The van der Waals surface area contributed by atoms with E-state index in [9.17, 15) is 4.79 Å². The van der Waals surface area contributed by atoms with Crippen molar-refractivity contribution in [2.24, 2.45) is 0 Å². The number of benzene rings is 1. The van der Waals surface area contributed by atoms with E-state index in [1.54, 1.807) is 19.4 Å². The molecule has 4 heteroatoms. The van der Waals surface area contributed by atoms with Crippen molar-refractivity contribution in [1.82, 2.24) is 15.3 Å². The fourth-order valence-electron chi connectivity index (χ4n) is 2.07. The summed E-state index contributed by atoms with van der Waals surface area (Å²) in [5.41, 5.74) is 2.18. The van der Waals surface area contributed by atoms with E-state index >= 15 is 0 Å². The van der Waals surface area contributed by atoms with Crippen LogP contribution in [0.25, 0.3) is 0 Å². The van der Waals surface area contributed by atoms with Gasteiger partial charge in [0.15, 0.2) is 0 Å². The molecule has 0 saturated heterocycles. The SMILES string of the molecule is CC#CC(=O)NC(Cc1ccccc1)Cc1cnc[nH]1. The van der Waals surface area contributed by atoms with Crippen LogP contribution in [-0.4, -0.2) is 21.9 Å². The van der Waals surface area contributed by atoms with Crippen LogP contribution in [0.3, 0.4) is 0 Å². The van der Waals surface area contributed by atoms with E-state index in [4.69, 9.17) is 0 Å². The summed E-state index contributed by atoms with van der Waals surface area (Å²) in [6.07, 6.45) is 4.88. The summed E-state index contributed by atoms with van der Waals surface area (Å²) in [5.74, 6) is 4.89. The van der Waals surface area contributed by atoms with E-state index in [2.05, 4.69) is 39.3 Å². The van der Waals surface area contributed by atoms with Gasteiger partial charge in [0.2, 0.25) is 0 Å². The van der Waals surface area contributed by atoms with Gasteiger partial charge in [0, 0.05) is 24.4 Å². The minimum absolute atomic E-state index is 0.00815. The maximum Gasteiger partial charge on any atom is 0.296 e. The number of imidazole rings is 1.